The molecule has 4 rings (SSSR count). The van der Waals surface area contributed by atoms with Crippen LogP contribution < -0.4 is 10.6 Å². The first-order valence-corrected chi connectivity index (χ1v) is 9.55. The SMILES string of the molecule is Cl.O=C(Nc1ccccc1C(=O)c1ccccc1)OCC1C2CCC1CNC2. The zero-order valence-electron chi connectivity index (χ0n) is 15.6. The molecule has 1 aliphatic heterocycles. The molecule has 2 unspecified atom stereocenters. The molecule has 1 saturated heterocycles. The van der Waals surface area contributed by atoms with Crippen LogP contribution in [0.5, 0.6) is 0 Å². The number of hydrogen-bond donors (Lipinski definition) is 2. The van der Waals surface area contributed by atoms with E-state index in [1.54, 1.807) is 36.4 Å². The molecule has 5 nitrogen and oxygen atoms in total. The molecule has 6 heteroatoms. The predicted molar refractivity (Wildman–Crippen MR) is 111 cm³/mol. The van der Waals surface area contributed by atoms with Crippen LogP contribution in [0.1, 0.15) is 28.8 Å². The minimum absolute atomic E-state index is 0. The third-order valence-electron chi connectivity index (χ3n) is 5.78. The summed E-state index contributed by atoms with van der Waals surface area (Å²) in [7, 11) is 0. The molecule has 1 aliphatic carbocycles. The minimum Gasteiger partial charge on any atom is -0.449 e. The van der Waals surface area contributed by atoms with Gasteiger partial charge in [0.15, 0.2) is 5.78 Å². The molecule has 2 fully saturated rings. The Balaban J connectivity index is 0.00000225. The summed E-state index contributed by atoms with van der Waals surface area (Å²) in [6.07, 6.45) is 1.92. The number of amides is 1. The number of halogens is 1. The van der Waals surface area contributed by atoms with E-state index in [9.17, 15) is 9.59 Å². The van der Waals surface area contributed by atoms with Crippen LogP contribution in [0, 0.1) is 17.8 Å². The van der Waals surface area contributed by atoms with E-state index in [4.69, 9.17) is 4.74 Å². The van der Waals surface area contributed by atoms with E-state index >= 15 is 0 Å². The van der Waals surface area contributed by atoms with Gasteiger partial charge in [-0.1, -0.05) is 42.5 Å². The van der Waals surface area contributed by atoms with Gasteiger partial charge in [0.2, 0.25) is 0 Å². The number of hydrogen-bond acceptors (Lipinski definition) is 4. The van der Waals surface area contributed by atoms with Crippen molar-refractivity contribution in [2.45, 2.75) is 12.8 Å². The number of carbonyl (C=O) groups excluding carboxylic acids is 2. The second-order valence-corrected chi connectivity index (χ2v) is 7.38. The number of nitrogens with one attached hydrogen (secondary N) is 2. The maximum Gasteiger partial charge on any atom is 0.411 e. The average Bonchev–Trinajstić information content (AvgIpc) is 2.93. The fourth-order valence-electron chi connectivity index (χ4n) is 4.33. The number of piperidine rings is 1. The van der Waals surface area contributed by atoms with Crippen molar-refractivity contribution in [1.82, 2.24) is 5.32 Å². The van der Waals surface area contributed by atoms with Crippen LogP contribution in [0.4, 0.5) is 10.5 Å². The van der Waals surface area contributed by atoms with Gasteiger partial charge in [-0.15, -0.1) is 12.4 Å². The number of anilines is 1. The smallest absolute Gasteiger partial charge is 0.411 e. The Bertz CT molecular complexity index is 812. The van der Waals surface area contributed by atoms with Crippen molar-refractivity contribution >= 4 is 30.0 Å². The van der Waals surface area contributed by atoms with E-state index in [0.717, 1.165) is 13.1 Å². The van der Waals surface area contributed by atoms with E-state index in [-0.39, 0.29) is 18.2 Å². The van der Waals surface area contributed by atoms with Gasteiger partial charge in [-0.05, 0) is 49.9 Å². The molecule has 2 aromatic carbocycles. The van der Waals surface area contributed by atoms with Gasteiger partial charge < -0.3 is 10.1 Å². The Morgan fingerprint density at radius 2 is 1.61 bits per heavy atom. The van der Waals surface area contributed by atoms with Crippen LogP contribution in [-0.2, 0) is 4.74 Å². The zero-order valence-corrected chi connectivity index (χ0v) is 16.4. The lowest BCUT2D eigenvalue weighted by Gasteiger charge is -2.30. The number of para-hydroxylation sites is 1. The molecule has 1 saturated carbocycles. The lowest BCUT2D eigenvalue weighted by Crippen LogP contribution is -2.40. The summed E-state index contributed by atoms with van der Waals surface area (Å²) >= 11 is 0. The van der Waals surface area contributed by atoms with Gasteiger partial charge in [0.1, 0.15) is 0 Å². The Morgan fingerprint density at radius 1 is 0.964 bits per heavy atom. The third-order valence-corrected chi connectivity index (χ3v) is 5.78. The molecule has 2 atom stereocenters. The van der Waals surface area contributed by atoms with Crippen molar-refractivity contribution in [3.63, 3.8) is 0 Å². The number of carbonyl (C=O) groups is 2. The Kier molecular flexibility index (Phi) is 6.70. The Labute approximate surface area is 171 Å². The van der Waals surface area contributed by atoms with Crippen LogP contribution in [0.2, 0.25) is 0 Å². The third kappa shape index (κ3) is 4.37. The van der Waals surface area contributed by atoms with E-state index < -0.39 is 6.09 Å². The van der Waals surface area contributed by atoms with E-state index in [0.29, 0.717) is 41.2 Å². The van der Waals surface area contributed by atoms with Crippen molar-refractivity contribution in [2.24, 2.45) is 17.8 Å². The summed E-state index contributed by atoms with van der Waals surface area (Å²) in [5.41, 5.74) is 1.53. The quantitative estimate of drug-likeness (QED) is 0.740. The highest BCUT2D eigenvalue weighted by Gasteiger charge is 2.39. The fourth-order valence-corrected chi connectivity index (χ4v) is 4.33. The van der Waals surface area contributed by atoms with Crippen molar-refractivity contribution in [3.05, 3.63) is 65.7 Å². The van der Waals surface area contributed by atoms with Crippen molar-refractivity contribution < 1.29 is 14.3 Å². The molecule has 0 spiro atoms. The molecule has 1 amide bonds. The maximum absolute atomic E-state index is 12.7. The molecule has 0 aromatic heterocycles. The summed E-state index contributed by atoms with van der Waals surface area (Å²) in [6.45, 7) is 2.47. The highest BCUT2D eigenvalue weighted by Crippen LogP contribution is 2.39. The maximum atomic E-state index is 12.7. The van der Waals surface area contributed by atoms with Gasteiger partial charge >= 0.3 is 6.09 Å². The molecule has 2 aromatic rings. The zero-order chi connectivity index (χ0) is 18.6. The molecule has 1 heterocycles. The van der Waals surface area contributed by atoms with Gasteiger partial charge in [0.05, 0.1) is 12.3 Å². The highest BCUT2D eigenvalue weighted by atomic mass is 35.5. The van der Waals surface area contributed by atoms with Crippen molar-refractivity contribution in [2.75, 3.05) is 25.0 Å². The molecule has 2 aliphatic rings. The van der Waals surface area contributed by atoms with Gasteiger partial charge in [0, 0.05) is 17.0 Å². The normalized spacial score (nSPS) is 22.8. The van der Waals surface area contributed by atoms with Gasteiger partial charge in [-0.3, -0.25) is 10.1 Å². The van der Waals surface area contributed by atoms with Crippen LogP contribution in [0.15, 0.2) is 54.6 Å². The summed E-state index contributed by atoms with van der Waals surface area (Å²) in [6, 6.07) is 16.1. The van der Waals surface area contributed by atoms with Crippen LogP contribution in [0.25, 0.3) is 0 Å². The molecular weight excluding hydrogens is 376 g/mol. The number of ketones is 1. The predicted octanol–water partition coefficient (Wildman–Crippen LogP) is 4.13. The molecule has 2 N–H and O–H groups in total. The van der Waals surface area contributed by atoms with Crippen LogP contribution >= 0.6 is 12.4 Å². The number of rotatable bonds is 5. The molecule has 148 valence electrons. The second-order valence-electron chi connectivity index (χ2n) is 7.38. The first kappa shape index (κ1) is 20.4. The van der Waals surface area contributed by atoms with Gasteiger partial charge in [-0.25, -0.2) is 4.79 Å². The average molecular weight is 401 g/mol. The Hall–Kier alpha value is -2.37. The first-order valence-electron chi connectivity index (χ1n) is 9.55. The fraction of sp³-hybridized carbons (Fsp3) is 0.364. The lowest BCUT2D eigenvalue weighted by atomic mass is 9.87. The minimum atomic E-state index is -0.499. The summed E-state index contributed by atoms with van der Waals surface area (Å²) < 4.78 is 5.52. The topological polar surface area (TPSA) is 67.4 Å². The largest absolute Gasteiger partial charge is 0.449 e. The number of ether oxygens (including phenoxy) is 1. The number of fused-ring (bicyclic) bond motifs is 2. The van der Waals surface area contributed by atoms with Crippen LogP contribution in [-0.4, -0.2) is 31.6 Å². The first-order chi connectivity index (χ1) is 13.2. The summed E-state index contributed by atoms with van der Waals surface area (Å²) in [5.74, 6) is 1.52. The van der Waals surface area contributed by atoms with E-state index in [1.807, 2.05) is 18.2 Å². The van der Waals surface area contributed by atoms with Gasteiger partial charge in [-0.2, -0.15) is 0 Å². The van der Waals surface area contributed by atoms with Crippen molar-refractivity contribution in [3.8, 4) is 0 Å². The number of benzene rings is 2. The summed E-state index contributed by atoms with van der Waals surface area (Å²) in [5, 5.41) is 6.20. The van der Waals surface area contributed by atoms with E-state index in [2.05, 4.69) is 10.6 Å². The standard InChI is InChI=1S/C22H24N2O3.ClH/c25-21(15-6-2-1-3-7-15)18-8-4-5-9-20(18)24-22(26)27-14-19-16-10-11-17(19)13-23-12-16;/h1-9,16-17,19,23H,10-14H2,(H,24,26);1H. The Morgan fingerprint density at radius 3 is 2.32 bits per heavy atom. The van der Waals surface area contributed by atoms with Crippen LogP contribution in [0.3, 0.4) is 0 Å². The van der Waals surface area contributed by atoms with Gasteiger partial charge in [0.25, 0.3) is 0 Å². The van der Waals surface area contributed by atoms with E-state index in [1.165, 1.54) is 12.8 Å². The van der Waals surface area contributed by atoms with Crippen molar-refractivity contribution in [1.29, 1.82) is 0 Å². The highest BCUT2D eigenvalue weighted by molar-refractivity contribution is 6.13. The molecule has 28 heavy (non-hydrogen) atoms. The molecular formula is C22H25ClN2O3. The molecule has 2 bridgehead atoms. The molecule has 0 radical (unpaired) electrons. The second kappa shape index (κ2) is 9.22. The lowest BCUT2D eigenvalue weighted by molar-refractivity contribution is 0.102. The monoisotopic (exact) mass is 400 g/mol. The summed E-state index contributed by atoms with van der Waals surface area (Å²) in [4.78, 5) is 25.1.